The second-order valence-corrected chi connectivity index (χ2v) is 3.64. The van der Waals surface area contributed by atoms with E-state index in [1.807, 2.05) is 25.1 Å². The number of fused-ring (bicyclic) bond motifs is 1. The van der Waals surface area contributed by atoms with Crippen molar-refractivity contribution in [3.63, 3.8) is 0 Å². The van der Waals surface area contributed by atoms with E-state index < -0.39 is 0 Å². The average Bonchev–Trinajstić information content (AvgIpc) is 2.60. The third-order valence-corrected chi connectivity index (χ3v) is 2.32. The Kier molecular flexibility index (Phi) is 2.70. The SMILES string of the molecule is Cc1ccc2nc(C(N)CCO)oc2c1. The minimum Gasteiger partial charge on any atom is -0.439 e. The second kappa shape index (κ2) is 4.00. The van der Waals surface area contributed by atoms with Gasteiger partial charge in [-0.25, -0.2) is 4.98 Å². The molecule has 0 saturated carbocycles. The van der Waals surface area contributed by atoms with Crippen LogP contribution in [0.15, 0.2) is 22.6 Å². The van der Waals surface area contributed by atoms with Crippen LogP contribution in [-0.4, -0.2) is 16.7 Å². The molecule has 0 fully saturated rings. The normalized spacial score (nSPS) is 13.3. The van der Waals surface area contributed by atoms with E-state index in [1.54, 1.807) is 0 Å². The molecule has 0 aliphatic heterocycles. The smallest absolute Gasteiger partial charge is 0.212 e. The molecule has 1 heterocycles. The van der Waals surface area contributed by atoms with Crippen molar-refractivity contribution in [2.45, 2.75) is 19.4 Å². The summed E-state index contributed by atoms with van der Waals surface area (Å²) in [5, 5.41) is 8.77. The van der Waals surface area contributed by atoms with E-state index in [9.17, 15) is 0 Å². The molecule has 1 unspecified atom stereocenters. The first kappa shape index (κ1) is 10.1. The molecular formula is C11H14N2O2. The molecule has 0 radical (unpaired) electrons. The molecule has 3 N–H and O–H groups in total. The highest BCUT2D eigenvalue weighted by atomic mass is 16.3. The fraction of sp³-hybridized carbons (Fsp3) is 0.364. The van der Waals surface area contributed by atoms with Crippen molar-refractivity contribution in [2.24, 2.45) is 5.73 Å². The maximum atomic E-state index is 8.77. The number of benzene rings is 1. The number of aryl methyl sites for hydroxylation is 1. The summed E-state index contributed by atoms with van der Waals surface area (Å²) in [6, 6.07) is 5.48. The van der Waals surface area contributed by atoms with Crippen LogP contribution >= 0.6 is 0 Å². The van der Waals surface area contributed by atoms with Crippen molar-refractivity contribution in [3.05, 3.63) is 29.7 Å². The summed E-state index contributed by atoms with van der Waals surface area (Å²) in [5.74, 6) is 0.490. The summed E-state index contributed by atoms with van der Waals surface area (Å²) in [4.78, 5) is 4.27. The minimum atomic E-state index is -0.331. The largest absolute Gasteiger partial charge is 0.439 e. The maximum Gasteiger partial charge on any atom is 0.212 e. The highest BCUT2D eigenvalue weighted by Crippen LogP contribution is 2.21. The molecule has 4 heteroatoms. The van der Waals surface area contributed by atoms with Crippen LogP contribution in [-0.2, 0) is 0 Å². The first-order valence-corrected chi connectivity index (χ1v) is 4.94. The summed E-state index contributed by atoms with van der Waals surface area (Å²) < 4.78 is 5.52. The fourth-order valence-electron chi connectivity index (χ4n) is 1.47. The predicted molar refractivity (Wildman–Crippen MR) is 57.4 cm³/mol. The molecule has 0 bridgehead atoms. The lowest BCUT2D eigenvalue weighted by Crippen LogP contribution is -2.11. The zero-order chi connectivity index (χ0) is 10.8. The van der Waals surface area contributed by atoms with E-state index in [0.29, 0.717) is 12.3 Å². The van der Waals surface area contributed by atoms with E-state index in [0.717, 1.165) is 16.7 Å². The van der Waals surface area contributed by atoms with Crippen molar-refractivity contribution >= 4 is 11.1 Å². The van der Waals surface area contributed by atoms with Gasteiger partial charge in [0.1, 0.15) is 5.52 Å². The minimum absolute atomic E-state index is 0.0406. The van der Waals surface area contributed by atoms with Gasteiger partial charge in [0, 0.05) is 6.61 Å². The Balaban J connectivity index is 2.38. The Labute approximate surface area is 87.7 Å². The van der Waals surface area contributed by atoms with Crippen LogP contribution in [0.3, 0.4) is 0 Å². The molecule has 4 nitrogen and oxygen atoms in total. The standard InChI is InChI=1S/C11H14N2O2/c1-7-2-3-9-10(6-7)15-11(13-9)8(12)4-5-14/h2-3,6,8,14H,4-5,12H2,1H3. The number of rotatable bonds is 3. The van der Waals surface area contributed by atoms with Gasteiger partial charge >= 0.3 is 0 Å². The van der Waals surface area contributed by atoms with E-state index in [2.05, 4.69) is 4.98 Å². The van der Waals surface area contributed by atoms with Gasteiger partial charge in [0.25, 0.3) is 0 Å². The summed E-state index contributed by atoms with van der Waals surface area (Å²) in [7, 11) is 0. The number of aliphatic hydroxyl groups excluding tert-OH is 1. The van der Waals surface area contributed by atoms with Gasteiger partial charge < -0.3 is 15.3 Å². The van der Waals surface area contributed by atoms with E-state index >= 15 is 0 Å². The molecule has 2 rings (SSSR count). The number of oxazole rings is 1. The van der Waals surface area contributed by atoms with Crippen LogP contribution in [0.25, 0.3) is 11.1 Å². The van der Waals surface area contributed by atoms with Gasteiger partial charge in [-0.15, -0.1) is 0 Å². The molecule has 1 atom stereocenters. The summed E-state index contributed by atoms with van der Waals surface area (Å²) in [6.45, 7) is 2.04. The molecule has 0 aliphatic rings. The first-order valence-electron chi connectivity index (χ1n) is 4.94. The molecule has 0 aliphatic carbocycles. The molecule has 2 aromatic rings. The van der Waals surface area contributed by atoms with Gasteiger partial charge in [0.15, 0.2) is 5.58 Å². The molecule has 0 spiro atoms. The molecule has 1 aromatic carbocycles. The van der Waals surface area contributed by atoms with E-state index in [1.165, 1.54) is 0 Å². The van der Waals surface area contributed by atoms with Crippen molar-refractivity contribution in [1.29, 1.82) is 0 Å². The van der Waals surface area contributed by atoms with Crippen molar-refractivity contribution < 1.29 is 9.52 Å². The van der Waals surface area contributed by atoms with Gasteiger partial charge in [0.05, 0.1) is 6.04 Å². The third-order valence-electron chi connectivity index (χ3n) is 2.32. The lowest BCUT2D eigenvalue weighted by Gasteiger charge is -2.02. The lowest BCUT2D eigenvalue weighted by atomic mass is 10.2. The van der Waals surface area contributed by atoms with Crippen LogP contribution in [0.4, 0.5) is 0 Å². The van der Waals surface area contributed by atoms with Gasteiger partial charge in [-0.2, -0.15) is 0 Å². The van der Waals surface area contributed by atoms with Crippen molar-refractivity contribution in [2.75, 3.05) is 6.61 Å². The molecular weight excluding hydrogens is 192 g/mol. The summed E-state index contributed by atoms with van der Waals surface area (Å²) in [6.07, 6.45) is 0.464. The Morgan fingerprint density at radius 2 is 2.33 bits per heavy atom. The topological polar surface area (TPSA) is 72.3 Å². The molecule has 15 heavy (non-hydrogen) atoms. The highest BCUT2D eigenvalue weighted by Gasteiger charge is 2.13. The molecule has 1 aromatic heterocycles. The van der Waals surface area contributed by atoms with Gasteiger partial charge in [-0.05, 0) is 31.0 Å². The monoisotopic (exact) mass is 206 g/mol. The van der Waals surface area contributed by atoms with Crippen molar-refractivity contribution in [1.82, 2.24) is 4.98 Å². The molecule has 80 valence electrons. The predicted octanol–water partition coefficient (Wildman–Crippen LogP) is 1.52. The van der Waals surface area contributed by atoms with Crippen LogP contribution in [0.1, 0.15) is 23.9 Å². The molecule has 0 amide bonds. The fourth-order valence-corrected chi connectivity index (χ4v) is 1.47. The third kappa shape index (κ3) is 2.00. The van der Waals surface area contributed by atoms with Gasteiger partial charge in [-0.3, -0.25) is 0 Å². The quantitative estimate of drug-likeness (QED) is 0.798. The Morgan fingerprint density at radius 1 is 1.53 bits per heavy atom. The first-order chi connectivity index (χ1) is 7.20. The zero-order valence-electron chi connectivity index (χ0n) is 8.60. The number of aromatic nitrogens is 1. The lowest BCUT2D eigenvalue weighted by molar-refractivity contribution is 0.268. The van der Waals surface area contributed by atoms with Crippen LogP contribution in [0.2, 0.25) is 0 Å². The van der Waals surface area contributed by atoms with Crippen LogP contribution in [0.5, 0.6) is 0 Å². The zero-order valence-corrected chi connectivity index (χ0v) is 8.60. The Morgan fingerprint density at radius 3 is 3.07 bits per heavy atom. The Bertz CT molecular complexity index is 465. The number of nitrogens with two attached hydrogens (primary N) is 1. The van der Waals surface area contributed by atoms with Crippen LogP contribution in [0, 0.1) is 6.92 Å². The van der Waals surface area contributed by atoms with Gasteiger partial charge in [-0.1, -0.05) is 6.07 Å². The van der Waals surface area contributed by atoms with Crippen LogP contribution < -0.4 is 5.73 Å². The van der Waals surface area contributed by atoms with E-state index in [4.69, 9.17) is 15.3 Å². The second-order valence-electron chi connectivity index (χ2n) is 3.64. The number of aliphatic hydroxyl groups is 1. The summed E-state index contributed by atoms with van der Waals surface area (Å²) in [5.41, 5.74) is 8.47. The number of hydrogen-bond acceptors (Lipinski definition) is 4. The maximum absolute atomic E-state index is 8.77. The molecule has 0 saturated heterocycles. The average molecular weight is 206 g/mol. The summed E-state index contributed by atoms with van der Waals surface area (Å²) >= 11 is 0. The Hall–Kier alpha value is -1.39. The van der Waals surface area contributed by atoms with E-state index in [-0.39, 0.29) is 12.6 Å². The highest BCUT2D eigenvalue weighted by molar-refractivity contribution is 5.73. The number of hydrogen-bond donors (Lipinski definition) is 2. The number of nitrogens with zero attached hydrogens (tertiary/aromatic N) is 1. The van der Waals surface area contributed by atoms with Gasteiger partial charge in [0.2, 0.25) is 5.89 Å². The van der Waals surface area contributed by atoms with Crippen molar-refractivity contribution in [3.8, 4) is 0 Å².